The molecule has 2 rings (SSSR count). The van der Waals surface area contributed by atoms with Crippen molar-refractivity contribution in [2.24, 2.45) is 0 Å². The maximum atomic E-state index is 12.2. The number of carbonyl (C=O) groups is 3. The summed E-state index contributed by atoms with van der Waals surface area (Å²) in [4.78, 5) is 35.3. The van der Waals surface area contributed by atoms with Crippen molar-refractivity contribution in [3.8, 4) is 5.75 Å². The van der Waals surface area contributed by atoms with E-state index in [-0.39, 0.29) is 24.5 Å². The molecule has 0 aromatic heterocycles. The Kier molecular flexibility index (Phi) is 7.37. The zero-order chi connectivity index (χ0) is 19.6. The third kappa shape index (κ3) is 6.47. The van der Waals surface area contributed by atoms with Crippen LogP contribution < -0.4 is 15.4 Å². The SMILES string of the molecule is CCOc1ccc(C(=O)CCC(=O)Nc2ccc(NC(=O)OC)cc2)cc1. The highest BCUT2D eigenvalue weighted by Crippen LogP contribution is 2.16. The molecular weight excluding hydrogens is 348 g/mol. The van der Waals surface area contributed by atoms with E-state index < -0.39 is 6.09 Å². The Morgan fingerprint density at radius 2 is 1.44 bits per heavy atom. The Morgan fingerprint density at radius 1 is 0.852 bits per heavy atom. The number of amides is 2. The molecule has 0 heterocycles. The van der Waals surface area contributed by atoms with Gasteiger partial charge >= 0.3 is 6.09 Å². The number of rotatable bonds is 8. The van der Waals surface area contributed by atoms with Crippen molar-refractivity contribution in [1.82, 2.24) is 0 Å². The van der Waals surface area contributed by atoms with Gasteiger partial charge in [-0.1, -0.05) is 0 Å². The molecule has 142 valence electrons. The molecule has 2 amide bonds. The van der Waals surface area contributed by atoms with Gasteiger partial charge in [0.1, 0.15) is 5.75 Å². The number of methoxy groups -OCH3 is 1. The van der Waals surface area contributed by atoms with Crippen LogP contribution in [0.2, 0.25) is 0 Å². The fourth-order valence-electron chi connectivity index (χ4n) is 2.30. The van der Waals surface area contributed by atoms with Crippen LogP contribution in [0.1, 0.15) is 30.1 Å². The zero-order valence-electron chi connectivity index (χ0n) is 15.3. The van der Waals surface area contributed by atoms with Crippen LogP contribution in [0.15, 0.2) is 48.5 Å². The monoisotopic (exact) mass is 370 g/mol. The summed E-state index contributed by atoms with van der Waals surface area (Å²) < 4.78 is 9.84. The van der Waals surface area contributed by atoms with Gasteiger partial charge in [-0.05, 0) is 55.5 Å². The number of ether oxygens (including phenoxy) is 2. The minimum atomic E-state index is -0.570. The number of hydrogen-bond acceptors (Lipinski definition) is 5. The average molecular weight is 370 g/mol. The summed E-state index contributed by atoms with van der Waals surface area (Å²) in [5.74, 6) is 0.339. The first-order valence-electron chi connectivity index (χ1n) is 8.52. The molecule has 0 unspecified atom stereocenters. The molecule has 0 aliphatic carbocycles. The number of hydrogen-bond donors (Lipinski definition) is 2. The molecule has 0 saturated carbocycles. The minimum absolute atomic E-state index is 0.0776. The largest absolute Gasteiger partial charge is 0.494 e. The number of ketones is 1. The van der Waals surface area contributed by atoms with Crippen molar-refractivity contribution >= 4 is 29.2 Å². The fourth-order valence-corrected chi connectivity index (χ4v) is 2.30. The molecule has 2 aromatic rings. The van der Waals surface area contributed by atoms with Gasteiger partial charge in [-0.3, -0.25) is 14.9 Å². The summed E-state index contributed by atoms with van der Waals surface area (Å²) >= 11 is 0. The molecule has 0 radical (unpaired) electrons. The van der Waals surface area contributed by atoms with Crippen LogP contribution in [0.5, 0.6) is 5.75 Å². The van der Waals surface area contributed by atoms with Crippen LogP contribution in [-0.4, -0.2) is 31.5 Å². The minimum Gasteiger partial charge on any atom is -0.494 e. The van der Waals surface area contributed by atoms with Crippen LogP contribution in [0.25, 0.3) is 0 Å². The lowest BCUT2D eigenvalue weighted by Gasteiger charge is -2.08. The normalized spacial score (nSPS) is 10.0. The van der Waals surface area contributed by atoms with Gasteiger partial charge in [-0.25, -0.2) is 4.79 Å². The molecule has 2 N–H and O–H groups in total. The van der Waals surface area contributed by atoms with Crippen molar-refractivity contribution in [2.45, 2.75) is 19.8 Å². The summed E-state index contributed by atoms with van der Waals surface area (Å²) in [6.07, 6.45) is -0.379. The molecule has 0 bridgehead atoms. The Balaban J connectivity index is 1.81. The van der Waals surface area contributed by atoms with Crippen molar-refractivity contribution in [2.75, 3.05) is 24.4 Å². The summed E-state index contributed by atoms with van der Waals surface area (Å²) in [7, 11) is 1.28. The van der Waals surface area contributed by atoms with Gasteiger partial charge in [-0.15, -0.1) is 0 Å². The van der Waals surface area contributed by atoms with Crippen LogP contribution in [-0.2, 0) is 9.53 Å². The molecule has 0 saturated heterocycles. The predicted molar refractivity (Wildman–Crippen MR) is 102 cm³/mol. The van der Waals surface area contributed by atoms with E-state index in [2.05, 4.69) is 15.4 Å². The Morgan fingerprint density at radius 3 is 2.00 bits per heavy atom. The van der Waals surface area contributed by atoms with Gasteiger partial charge in [0.2, 0.25) is 5.91 Å². The number of carbonyl (C=O) groups excluding carboxylic acids is 3. The van der Waals surface area contributed by atoms with Gasteiger partial charge in [0.25, 0.3) is 0 Å². The Hall–Kier alpha value is -3.35. The highest BCUT2D eigenvalue weighted by molar-refractivity contribution is 6.00. The van der Waals surface area contributed by atoms with Gasteiger partial charge in [0.15, 0.2) is 5.78 Å². The van der Waals surface area contributed by atoms with E-state index in [1.807, 2.05) is 6.92 Å². The van der Waals surface area contributed by atoms with E-state index in [0.717, 1.165) is 0 Å². The lowest BCUT2D eigenvalue weighted by Crippen LogP contribution is -2.14. The van der Waals surface area contributed by atoms with E-state index in [4.69, 9.17) is 4.74 Å². The Labute approximate surface area is 157 Å². The van der Waals surface area contributed by atoms with Gasteiger partial charge in [-0.2, -0.15) is 0 Å². The second-order valence-corrected chi connectivity index (χ2v) is 5.62. The van der Waals surface area contributed by atoms with E-state index in [1.54, 1.807) is 48.5 Å². The first kappa shape index (κ1) is 20.0. The molecule has 0 fully saturated rings. The van der Waals surface area contributed by atoms with E-state index in [1.165, 1.54) is 7.11 Å². The van der Waals surface area contributed by atoms with Gasteiger partial charge < -0.3 is 14.8 Å². The standard InChI is InChI=1S/C20H22N2O5/c1-3-27-17-10-4-14(5-11-17)18(23)12-13-19(24)21-15-6-8-16(9-7-15)22-20(25)26-2/h4-11H,3,12-13H2,1-2H3,(H,21,24)(H,22,25). The lowest BCUT2D eigenvalue weighted by atomic mass is 10.1. The van der Waals surface area contributed by atoms with Crippen molar-refractivity contribution in [3.63, 3.8) is 0 Å². The molecule has 7 nitrogen and oxygen atoms in total. The molecule has 0 spiro atoms. The number of Topliss-reactive ketones (excluding diaryl/α,β-unsaturated/α-hetero) is 1. The summed E-state index contributed by atoms with van der Waals surface area (Å²) in [5, 5.41) is 5.23. The fraction of sp³-hybridized carbons (Fsp3) is 0.250. The quantitative estimate of drug-likeness (QED) is 0.688. The second-order valence-electron chi connectivity index (χ2n) is 5.62. The maximum Gasteiger partial charge on any atom is 0.411 e. The molecule has 2 aromatic carbocycles. The first-order chi connectivity index (χ1) is 13.0. The summed E-state index contributed by atoms with van der Waals surface area (Å²) in [5.41, 5.74) is 1.67. The lowest BCUT2D eigenvalue weighted by molar-refractivity contribution is -0.116. The maximum absolute atomic E-state index is 12.2. The topological polar surface area (TPSA) is 93.7 Å². The highest BCUT2D eigenvalue weighted by Gasteiger charge is 2.10. The van der Waals surface area contributed by atoms with Crippen LogP contribution in [0.3, 0.4) is 0 Å². The van der Waals surface area contributed by atoms with Crippen molar-refractivity contribution < 1.29 is 23.9 Å². The van der Waals surface area contributed by atoms with Crippen LogP contribution in [0.4, 0.5) is 16.2 Å². The Bertz CT molecular complexity index is 785. The predicted octanol–water partition coefficient (Wildman–Crippen LogP) is 3.87. The number of anilines is 2. The number of nitrogens with one attached hydrogen (secondary N) is 2. The molecule has 7 heteroatoms. The first-order valence-corrected chi connectivity index (χ1v) is 8.52. The smallest absolute Gasteiger partial charge is 0.411 e. The van der Waals surface area contributed by atoms with Crippen molar-refractivity contribution in [3.05, 3.63) is 54.1 Å². The number of benzene rings is 2. The van der Waals surface area contributed by atoms with Crippen LogP contribution in [0, 0.1) is 0 Å². The molecule has 0 aliphatic rings. The van der Waals surface area contributed by atoms with Crippen LogP contribution >= 0.6 is 0 Å². The second kappa shape index (κ2) is 9.96. The van der Waals surface area contributed by atoms with E-state index >= 15 is 0 Å². The third-order valence-electron chi connectivity index (χ3n) is 3.67. The van der Waals surface area contributed by atoms with Gasteiger partial charge in [0.05, 0.1) is 13.7 Å². The third-order valence-corrected chi connectivity index (χ3v) is 3.67. The van der Waals surface area contributed by atoms with E-state index in [0.29, 0.717) is 29.3 Å². The van der Waals surface area contributed by atoms with Crippen molar-refractivity contribution in [1.29, 1.82) is 0 Å². The highest BCUT2D eigenvalue weighted by atomic mass is 16.5. The molecule has 0 aliphatic heterocycles. The molecule has 0 atom stereocenters. The average Bonchev–Trinajstić information content (AvgIpc) is 2.68. The zero-order valence-corrected chi connectivity index (χ0v) is 15.3. The van der Waals surface area contributed by atoms with Gasteiger partial charge in [0, 0.05) is 29.8 Å². The molecular formula is C20H22N2O5. The molecule has 27 heavy (non-hydrogen) atoms. The van der Waals surface area contributed by atoms with E-state index in [9.17, 15) is 14.4 Å². The summed E-state index contributed by atoms with van der Waals surface area (Å²) in [6.45, 7) is 2.45. The summed E-state index contributed by atoms with van der Waals surface area (Å²) in [6, 6.07) is 13.4.